The Morgan fingerprint density at radius 3 is 1.29 bits per heavy atom. The summed E-state index contributed by atoms with van der Waals surface area (Å²) in [5, 5.41) is 14.8. The van der Waals surface area contributed by atoms with Gasteiger partial charge in [-0.2, -0.15) is 0 Å². The molecule has 0 heterocycles. The largest absolute Gasteiger partial charge is 2.00 e. The summed E-state index contributed by atoms with van der Waals surface area (Å²) in [7, 11) is 0. The molecule has 0 rings (SSSR count). The van der Waals surface area contributed by atoms with Crippen molar-refractivity contribution >= 4 is 17.4 Å². The summed E-state index contributed by atoms with van der Waals surface area (Å²) in [6, 6.07) is 0. The Hall–Kier alpha value is 0.199. The van der Waals surface area contributed by atoms with E-state index in [-0.39, 0.29) is 39.6 Å². The fourth-order valence-corrected chi connectivity index (χ4v) is 0. The Kier molecular flexibility index (Phi) is 63.2. The molecule has 0 saturated carbocycles. The van der Waals surface area contributed by atoms with Gasteiger partial charge in [-0.05, 0) is 0 Å². The monoisotopic (exact) mass is 165 g/mol. The van der Waals surface area contributed by atoms with Crippen molar-refractivity contribution in [3.05, 3.63) is 15.3 Å². The molecule has 0 aromatic carbocycles. The van der Waals surface area contributed by atoms with E-state index in [0.717, 1.165) is 0 Å². The molecule has 4 radical (unpaired) electrons. The molecule has 0 aliphatic carbocycles. The molecule has 5 nitrogen and oxygen atoms in total. The summed E-state index contributed by atoms with van der Waals surface area (Å²) in [6.45, 7) is 0. The third-order valence-electron chi connectivity index (χ3n) is 0. The summed E-state index contributed by atoms with van der Waals surface area (Å²) in [4.78, 5) is 8.25. The van der Waals surface area contributed by atoms with Crippen LogP contribution >= 0.6 is 0 Å². The predicted octanol–water partition coefficient (Wildman–Crippen LogP) is -0.799. The molecule has 0 fully saturated rings. The third kappa shape index (κ3) is 2760. The van der Waals surface area contributed by atoms with Gasteiger partial charge in [-0.25, -0.2) is 0 Å². The second-order valence-corrected chi connectivity index (χ2v) is 0.224. The number of rotatable bonds is 0. The van der Waals surface area contributed by atoms with Gasteiger partial charge in [0.1, 0.15) is 0 Å². The fourth-order valence-electron chi connectivity index (χ4n) is 0. The molecule has 0 aromatic heterocycles. The van der Waals surface area contributed by atoms with Crippen molar-refractivity contribution in [2.45, 2.75) is 0 Å². The third-order valence-corrected chi connectivity index (χ3v) is 0. The van der Waals surface area contributed by atoms with Gasteiger partial charge in [0.2, 0.25) is 0 Å². The first kappa shape index (κ1) is 27.0. The Bertz CT molecular complexity index is 34.7. The molecular weight excluding hydrogens is 164 g/mol. The first-order valence-corrected chi connectivity index (χ1v) is 0.548. The number of hydrogen-bond acceptors (Lipinski definition) is 4. The zero-order chi connectivity index (χ0) is 3.58. The van der Waals surface area contributed by atoms with Crippen LogP contribution < -0.4 is 0 Å². The van der Waals surface area contributed by atoms with Gasteiger partial charge < -0.3 is 20.8 Å². The maximum absolute atomic E-state index is 8.25. The molecule has 1 N–H and O–H groups in total. The van der Waals surface area contributed by atoms with E-state index in [1.165, 1.54) is 0 Å². The second kappa shape index (κ2) is 16.4. The molecule has 0 aromatic rings. The standard InChI is InChI=1S/Al.Co.NO3.H2O/c;;2-1(3)4;/h;;;1H2/q;+2;-1;/p-1. The summed E-state index contributed by atoms with van der Waals surface area (Å²) >= 11 is 0. The minimum absolute atomic E-state index is 0. The molecule has 0 spiro atoms. The van der Waals surface area contributed by atoms with Gasteiger partial charge in [-0.1, -0.05) is 0 Å². The molecule has 42 valence electrons. The van der Waals surface area contributed by atoms with Crippen molar-refractivity contribution < 1.29 is 27.3 Å². The van der Waals surface area contributed by atoms with Crippen LogP contribution in [0.5, 0.6) is 0 Å². The minimum atomic E-state index is -1.75. The van der Waals surface area contributed by atoms with E-state index in [1.807, 2.05) is 0 Å². The maximum Gasteiger partial charge on any atom is 2.00 e. The van der Waals surface area contributed by atoms with E-state index < -0.39 is 5.09 Å². The first-order valence-electron chi connectivity index (χ1n) is 0.548. The van der Waals surface area contributed by atoms with Crippen molar-refractivity contribution in [1.29, 1.82) is 0 Å². The first-order chi connectivity index (χ1) is 1.73. The molecular formula is HAlCoNO4. The van der Waals surface area contributed by atoms with Crippen LogP contribution in [0.25, 0.3) is 0 Å². The van der Waals surface area contributed by atoms with Gasteiger partial charge in [0.25, 0.3) is 0 Å². The summed E-state index contributed by atoms with van der Waals surface area (Å²) in [5.41, 5.74) is 0. The molecule has 0 bridgehead atoms. The SMILES string of the molecule is O=[N+]([O-])[O-].[Al].[Co+2].[OH-]. The van der Waals surface area contributed by atoms with Gasteiger partial charge in [0.05, 0.1) is 5.09 Å². The quantitative estimate of drug-likeness (QED) is 0.266. The average molecular weight is 165 g/mol. The summed E-state index contributed by atoms with van der Waals surface area (Å²) in [6.07, 6.45) is 0. The van der Waals surface area contributed by atoms with Crippen molar-refractivity contribution in [2.24, 2.45) is 0 Å². The van der Waals surface area contributed by atoms with E-state index in [9.17, 15) is 0 Å². The molecule has 0 saturated heterocycles. The molecule has 0 aliphatic rings. The fraction of sp³-hybridized carbons (Fsp3) is 0. The van der Waals surface area contributed by atoms with Crippen LogP contribution in [0.3, 0.4) is 0 Å². The van der Waals surface area contributed by atoms with E-state index >= 15 is 0 Å². The maximum atomic E-state index is 8.25. The zero-order valence-electron chi connectivity index (χ0n) is 3.03. The van der Waals surface area contributed by atoms with Gasteiger partial charge in [0.15, 0.2) is 0 Å². The Morgan fingerprint density at radius 2 is 1.29 bits per heavy atom. The van der Waals surface area contributed by atoms with Crippen molar-refractivity contribution in [2.75, 3.05) is 0 Å². The summed E-state index contributed by atoms with van der Waals surface area (Å²) in [5.74, 6) is 0. The van der Waals surface area contributed by atoms with E-state index in [1.54, 1.807) is 0 Å². The topological polar surface area (TPSA) is 96.2 Å². The van der Waals surface area contributed by atoms with Crippen LogP contribution in [0, 0.1) is 15.3 Å². The van der Waals surface area contributed by atoms with E-state index in [2.05, 4.69) is 0 Å². The zero-order valence-corrected chi connectivity index (χ0v) is 5.23. The normalized spacial score (nSPS) is 3.43. The van der Waals surface area contributed by atoms with Gasteiger partial charge in [0, 0.05) is 17.4 Å². The molecule has 0 unspecified atom stereocenters. The average Bonchev–Trinajstić information content (AvgIpc) is 0.811. The number of hydrogen-bond donors (Lipinski definition) is 0. The predicted molar refractivity (Wildman–Crippen MR) is 18.1 cm³/mol. The smallest absolute Gasteiger partial charge is 0.870 e. The van der Waals surface area contributed by atoms with Gasteiger partial charge in [-0.15, -0.1) is 0 Å². The van der Waals surface area contributed by atoms with Gasteiger partial charge in [-0.3, -0.25) is 0 Å². The molecule has 0 atom stereocenters. The van der Waals surface area contributed by atoms with Gasteiger partial charge >= 0.3 is 16.8 Å². The summed E-state index contributed by atoms with van der Waals surface area (Å²) < 4.78 is 0. The van der Waals surface area contributed by atoms with Crippen molar-refractivity contribution in [1.82, 2.24) is 0 Å². The molecule has 0 amide bonds. The van der Waals surface area contributed by atoms with E-state index in [4.69, 9.17) is 15.3 Å². The minimum Gasteiger partial charge on any atom is -0.870 e. The van der Waals surface area contributed by atoms with Crippen LogP contribution in [-0.2, 0) is 16.8 Å². The van der Waals surface area contributed by atoms with Crippen molar-refractivity contribution in [3.8, 4) is 0 Å². The molecule has 0 aliphatic heterocycles. The second-order valence-electron chi connectivity index (χ2n) is 0.224. The van der Waals surface area contributed by atoms with Crippen LogP contribution in [0.15, 0.2) is 0 Å². The Balaban J connectivity index is -0.0000000150. The molecule has 7 heavy (non-hydrogen) atoms. The van der Waals surface area contributed by atoms with Crippen LogP contribution in [0.1, 0.15) is 0 Å². The van der Waals surface area contributed by atoms with Crippen LogP contribution in [0.2, 0.25) is 0 Å². The molecule has 7 heteroatoms. The van der Waals surface area contributed by atoms with Crippen molar-refractivity contribution in [3.63, 3.8) is 0 Å². The van der Waals surface area contributed by atoms with E-state index in [0.29, 0.717) is 0 Å². The Labute approximate surface area is 60.4 Å². The number of nitrogens with zero attached hydrogens (tertiary/aromatic N) is 1. The Morgan fingerprint density at radius 1 is 1.29 bits per heavy atom. The van der Waals surface area contributed by atoms with Crippen LogP contribution in [-0.4, -0.2) is 27.9 Å². The van der Waals surface area contributed by atoms with Crippen LogP contribution in [0.4, 0.5) is 0 Å².